The number of aliphatic carboxylic acids is 1. The average molecular weight is 345 g/mol. The Hall–Kier alpha value is -1.59. The zero-order valence-corrected chi connectivity index (χ0v) is 11.3. The maximum atomic E-state index is 11.8. The first-order chi connectivity index (χ1) is 9.62. The molecule has 12 heteroatoms. The molecule has 22 heavy (non-hydrogen) atoms. The molecule has 0 heterocycles. The van der Waals surface area contributed by atoms with Crippen LogP contribution in [0.15, 0.2) is 0 Å². The van der Waals surface area contributed by atoms with Crippen LogP contribution in [0.4, 0.5) is 30.7 Å². The third-order valence-corrected chi connectivity index (χ3v) is 1.95. The number of alkyl halides is 7. The number of carbonyl (C=O) groups excluding carboxylic acids is 1. The Kier molecular flexibility index (Phi) is 8.41. The van der Waals surface area contributed by atoms with Crippen molar-refractivity contribution >= 4 is 11.9 Å². The van der Waals surface area contributed by atoms with Gasteiger partial charge in [0.05, 0.1) is 0 Å². The molecule has 0 aliphatic rings. The third-order valence-electron chi connectivity index (χ3n) is 1.95. The van der Waals surface area contributed by atoms with E-state index in [1.807, 2.05) is 6.92 Å². The average Bonchev–Trinajstić information content (AvgIpc) is 2.34. The number of aliphatic hydroxyl groups is 1. The molecule has 0 radical (unpaired) electrons. The fourth-order valence-electron chi connectivity index (χ4n) is 0.708. The monoisotopic (exact) mass is 345 g/mol. The molecule has 1 amide bonds. The highest BCUT2D eigenvalue weighted by Gasteiger charge is 2.76. The van der Waals surface area contributed by atoms with Crippen molar-refractivity contribution in [3.05, 3.63) is 0 Å². The number of carbonyl (C=O) groups is 2. The minimum absolute atomic E-state index is 0.295. The molecule has 0 aliphatic heterocycles. The van der Waals surface area contributed by atoms with Crippen molar-refractivity contribution in [3.63, 3.8) is 0 Å². The second-order valence-corrected chi connectivity index (χ2v) is 3.92. The van der Waals surface area contributed by atoms with Gasteiger partial charge in [-0.05, 0) is 13.3 Å². The van der Waals surface area contributed by atoms with Gasteiger partial charge in [0.25, 0.3) is 0 Å². The van der Waals surface area contributed by atoms with E-state index < -0.39 is 30.1 Å². The molecule has 0 aromatic heterocycles. The second kappa shape index (κ2) is 8.15. The molecule has 0 aromatic rings. The summed E-state index contributed by atoms with van der Waals surface area (Å²) < 4.78 is 80.5. The number of aliphatic hydroxyl groups excluding tert-OH is 1. The Morgan fingerprint density at radius 3 is 1.68 bits per heavy atom. The van der Waals surface area contributed by atoms with Crippen LogP contribution >= 0.6 is 0 Å². The van der Waals surface area contributed by atoms with E-state index in [0.717, 1.165) is 6.42 Å². The molecule has 0 aromatic carbocycles. The lowest BCUT2D eigenvalue weighted by Crippen LogP contribution is -2.56. The van der Waals surface area contributed by atoms with Crippen molar-refractivity contribution in [1.29, 1.82) is 0 Å². The Morgan fingerprint density at radius 1 is 1.09 bits per heavy atom. The predicted octanol–water partition coefficient (Wildman–Crippen LogP) is 1.80. The van der Waals surface area contributed by atoms with Crippen LogP contribution in [0.1, 0.15) is 20.3 Å². The standard InChI is InChI=1S/C6H13NO2.C4HF7O2/c1-3-4-7-6(9)5(2)8;5-2(6,1(12)13)3(7,8)4(9,10)11/h5,8H,3-4H2,1-2H3,(H,7,9);(H,12,13). The topological polar surface area (TPSA) is 86.6 Å². The lowest BCUT2D eigenvalue weighted by molar-refractivity contribution is -0.347. The van der Waals surface area contributed by atoms with Gasteiger partial charge in [0.15, 0.2) is 0 Å². The van der Waals surface area contributed by atoms with Crippen molar-refractivity contribution in [2.24, 2.45) is 0 Å². The van der Waals surface area contributed by atoms with Gasteiger partial charge in [-0.1, -0.05) is 6.92 Å². The summed E-state index contributed by atoms with van der Waals surface area (Å²) in [4.78, 5) is 19.9. The smallest absolute Gasteiger partial charge is 0.460 e. The lowest BCUT2D eigenvalue weighted by atomic mass is 10.1. The van der Waals surface area contributed by atoms with E-state index >= 15 is 0 Å². The maximum absolute atomic E-state index is 11.8. The summed E-state index contributed by atoms with van der Waals surface area (Å²) in [5.74, 6) is -16.6. The molecule has 0 saturated heterocycles. The normalized spacial score (nSPS) is 13.7. The number of rotatable bonds is 5. The summed E-state index contributed by atoms with van der Waals surface area (Å²) in [6.07, 6.45) is -6.58. The van der Waals surface area contributed by atoms with Crippen molar-refractivity contribution in [3.8, 4) is 0 Å². The number of nitrogens with one attached hydrogen (secondary N) is 1. The first-order valence-corrected chi connectivity index (χ1v) is 5.64. The van der Waals surface area contributed by atoms with Crippen molar-refractivity contribution in [1.82, 2.24) is 5.32 Å². The molecule has 0 spiro atoms. The molecule has 0 rings (SSSR count). The summed E-state index contributed by atoms with van der Waals surface area (Å²) in [7, 11) is 0. The van der Waals surface area contributed by atoms with Crippen LogP contribution in [-0.2, 0) is 9.59 Å². The zero-order valence-electron chi connectivity index (χ0n) is 11.3. The van der Waals surface area contributed by atoms with Gasteiger partial charge < -0.3 is 15.5 Å². The number of carboxylic acid groups (broad SMARTS) is 1. The van der Waals surface area contributed by atoms with E-state index in [0.29, 0.717) is 6.54 Å². The van der Waals surface area contributed by atoms with Gasteiger partial charge in [-0.3, -0.25) is 4.79 Å². The van der Waals surface area contributed by atoms with Gasteiger partial charge in [-0.2, -0.15) is 30.7 Å². The Bertz CT molecular complexity index is 382. The summed E-state index contributed by atoms with van der Waals surface area (Å²) in [6, 6.07) is 0. The number of amides is 1. The molecule has 3 N–H and O–H groups in total. The fraction of sp³-hybridized carbons (Fsp3) is 0.800. The molecule has 5 nitrogen and oxygen atoms in total. The number of hydrogen-bond acceptors (Lipinski definition) is 3. The van der Waals surface area contributed by atoms with Crippen LogP contribution in [0.3, 0.4) is 0 Å². The third kappa shape index (κ3) is 6.03. The van der Waals surface area contributed by atoms with Gasteiger partial charge in [0.1, 0.15) is 6.10 Å². The minimum atomic E-state index is -6.60. The summed E-state index contributed by atoms with van der Waals surface area (Å²) in [5, 5.41) is 18.6. The molecular formula is C10H14F7NO4. The molecule has 0 saturated carbocycles. The molecular weight excluding hydrogens is 331 g/mol. The van der Waals surface area contributed by atoms with E-state index in [4.69, 9.17) is 10.2 Å². The van der Waals surface area contributed by atoms with E-state index in [-0.39, 0.29) is 5.91 Å². The maximum Gasteiger partial charge on any atom is 0.460 e. The van der Waals surface area contributed by atoms with Crippen molar-refractivity contribution in [2.45, 2.75) is 44.4 Å². The quantitative estimate of drug-likeness (QED) is 0.663. The van der Waals surface area contributed by atoms with E-state index in [1.165, 1.54) is 6.92 Å². The molecule has 1 atom stereocenters. The van der Waals surface area contributed by atoms with Crippen LogP contribution in [0.5, 0.6) is 0 Å². The van der Waals surface area contributed by atoms with Crippen LogP contribution in [0.2, 0.25) is 0 Å². The summed E-state index contributed by atoms with van der Waals surface area (Å²) in [5.41, 5.74) is 0. The lowest BCUT2D eigenvalue weighted by Gasteiger charge is -2.24. The van der Waals surface area contributed by atoms with Crippen LogP contribution < -0.4 is 5.32 Å². The Labute approximate surface area is 120 Å². The van der Waals surface area contributed by atoms with Gasteiger partial charge in [0.2, 0.25) is 5.91 Å². The predicted molar refractivity (Wildman–Crippen MR) is 58.6 cm³/mol. The molecule has 132 valence electrons. The minimum Gasteiger partial charge on any atom is -0.477 e. The number of halogens is 7. The summed E-state index contributed by atoms with van der Waals surface area (Å²) in [6.45, 7) is 4.05. The van der Waals surface area contributed by atoms with E-state index in [2.05, 4.69) is 5.32 Å². The highest BCUT2D eigenvalue weighted by Crippen LogP contribution is 2.46. The largest absolute Gasteiger partial charge is 0.477 e. The SMILES string of the molecule is CCCNC(=O)C(C)O.O=C(O)C(F)(F)C(F)(F)C(F)(F)F. The van der Waals surface area contributed by atoms with Gasteiger partial charge >= 0.3 is 24.0 Å². The molecule has 0 aliphatic carbocycles. The fourth-order valence-corrected chi connectivity index (χ4v) is 0.708. The van der Waals surface area contributed by atoms with Crippen LogP contribution in [0, 0.1) is 0 Å². The van der Waals surface area contributed by atoms with Gasteiger partial charge in [0, 0.05) is 6.54 Å². The summed E-state index contributed by atoms with van der Waals surface area (Å²) >= 11 is 0. The van der Waals surface area contributed by atoms with Crippen molar-refractivity contribution < 1.29 is 50.5 Å². The van der Waals surface area contributed by atoms with Gasteiger partial charge in [-0.15, -0.1) is 0 Å². The number of hydrogen-bond donors (Lipinski definition) is 3. The van der Waals surface area contributed by atoms with Crippen molar-refractivity contribution in [2.75, 3.05) is 6.54 Å². The molecule has 0 bridgehead atoms. The first-order valence-electron chi connectivity index (χ1n) is 5.64. The Morgan fingerprint density at radius 2 is 1.50 bits per heavy atom. The first kappa shape index (κ1) is 22.7. The van der Waals surface area contributed by atoms with E-state index in [9.17, 15) is 40.3 Å². The van der Waals surface area contributed by atoms with Crippen LogP contribution in [0.25, 0.3) is 0 Å². The van der Waals surface area contributed by atoms with Gasteiger partial charge in [-0.25, -0.2) is 4.79 Å². The highest BCUT2D eigenvalue weighted by molar-refractivity contribution is 5.79. The van der Waals surface area contributed by atoms with Crippen LogP contribution in [-0.4, -0.2) is 52.8 Å². The number of carboxylic acids is 1. The molecule has 1 unspecified atom stereocenters. The highest BCUT2D eigenvalue weighted by atomic mass is 19.4. The second-order valence-electron chi connectivity index (χ2n) is 3.92. The Balaban J connectivity index is 0. The molecule has 0 fully saturated rings. The van der Waals surface area contributed by atoms with E-state index in [1.54, 1.807) is 0 Å². The zero-order chi connectivity index (χ0) is 18.4.